The predicted octanol–water partition coefficient (Wildman–Crippen LogP) is 2.34. The van der Waals surface area contributed by atoms with E-state index in [0.29, 0.717) is 6.04 Å². The first kappa shape index (κ1) is 12.9. The van der Waals surface area contributed by atoms with Gasteiger partial charge in [-0.3, -0.25) is 4.79 Å². The van der Waals surface area contributed by atoms with Gasteiger partial charge in [0.25, 0.3) is 0 Å². The van der Waals surface area contributed by atoms with Crippen LogP contribution in [0.15, 0.2) is 5.38 Å². The molecule has 0 unspecified atom stereocenters. The van der Waals surface area contributed by atoms with E-state index >= 15 is 0 Å². The summed E-state index contributed by atoms with van der Waals surface area (Å²) in [6.45, 7) is 3.93. The number of nitrogens with zero attached hydrogens (tertiary/aromatic N) is 2. The standard InChI is InChI=1S/C14H21N3OS/c1-10-9-19-14(15-10)17-7-5-11(6-8-17)13(18)16-12-3-2-4-12/h9,11-12H,2-8H2,1H3,(H,16,18). The summed E-state index contributed by atoms with van der Waals surface area (Å²) in [6.07, 6.45) is 5.52. The SMILES string of the molecule is Cc1csc(N2CCC(C(=O)NC3CCC3)CC2)n1. The van der Waals surface area contributed by atoms with Crippen LogP contribution in [0, 0.1) is 12.8 Å². The Morgan fingerprint density at radius 1 is 1.37 bits per heavy atom. The normalized spacial score (nSPS) is 21.2. The van der Waals surface area contributed by atoms with Crippen LogP contribution in [0.3, 0.4) is 0 Å². The van der Waals surface area contributed by atoms with Crippen LogP contribution in [0.5, 0.6) is 0 Å². The zero-order valence-electron chi connectivity index (χ0n) is 11.4. The molecule has 104 valence electrons. The molecule has 1 aromatic rings. The molecule has 1 aromatic heterocycles. The number of carbonyl (C=O) groups is 1. The van der Waals surface area contributed by atoms with Gasteiger partial charge in [0.2, 0.25) is 5.91 Å². The molecule has 3 rings (SSSR count). The minimum atomic E-state index is 0.206. The van der Waals surface area contributed by atoms with E-state index in [9.17, 15) is 4.79 Å². The average Bonchev–Trinajstić information content (AvgIpc) is 2.80. The smallest absolute Gasteiger partial charge is 0.223 e. The molecule has 1 aliphatic carbocycles. The highest BCUT2D eigenvalue weighted by Crippen LogP contribution is 2.27. The van der Waals surface area contributed by atoms with Gasteiger partial charge in [0.05, 0.1) is 5.69 Å². The summed E-state index contributed by atoms with van der Waals surface area (Å²) >= 11 is 1.70. The van der Waals surface area contributed by atoms with E-state index in [1.165, 1.54) is 19.3 Å². The fourth-order valence-electron chi connectivity index (χ4n) is 2.69. The Morgan fingerprint density at radius 2 is 2.11 bits per heavy atom. The molecule has 1 amide bonds. The summed E-state index contributed by atoms with van der Waals surface area (Å²) in [5, 5.41) is 6.37. The summed E-state index contributed by atoms with van der Waals surface area (Å²) < 4.78 is 0. The monoisotopic (exact) mass is 279 g/mol. The molecule has 0 radical (unpaired) electrons. The number of carbonyl (C=O) groups excluding carboxylic acids is 1. The van der Waals surface area contributed by atoms with E-state index in [-0.39, 0.29) is 11.8 Å². The zero-order valence-corrected chi connectivity index (χ0v) is 12.2. The number of rotatable bonds is 3. The Morgan fingerprint density at radius 3 is 2.63 bits per heavy atom. The number of nitrogens with one attached hydrogen (secondary N) is 1. The summed E-state index contributed by atoms with van der Waals surface area (Å²) in [4.78, 5) is 18.9. The van der Waals surface area contributed by atoms with Crippen molar-refractivity contribution >= 4 is 22.4 Å². The number of aromatic nitrogens is 1. The fraction of sp³-hybridized carbons (Fsp3) is 0.714. The first-order valence-electron chi connectivity index (χ1n) is 7.20. The Balaban J connectivity index is 1.49. The van der Waals surface area contributed by atoms with Crippen LogP contribution in [0.2, 0.25) is 0 Å². The third-order valence-electron chi connectivity index (χ3n) is 4.19. The van der Waals surface area contributed by atoms with Crippen molar-refractivity contribution in [3.05, 3.63) is 11.1 Å². The number of amides is 1. The Hall–Kier alpha value is -1.10. The lowest BCUT2D eigenvalue weighted by Crippen LogP contribution is -2.46. The van der Waals surface area contributed by atoms with Crippen LogP contribution >= 0.6 is 11.3 Å². The van der Waals surface area contributed by atoms with Crippen molar-refractivity contribution in [3.8, 4) is 0 Å². The predicted molar refractivity (Wildman–Crippen MR) is 77.6 cm³/mol. The molecule has 19 heavy (non-hydrogen) atoms. The van der Waals surface area contributed by atoms with Crippen LogP contribution in [0.25, 0.3) is 0 Å². The van der Waals surface area contributed by atoms with Crippen molar-refractivity contribution in [1.82, 2.24) is 10.3 Å². The fourth-order valence-corrected chi connectivity index (χ4v) is 3.55. The molecule has 0 aromatic carbocycles. The molecule has 2 fully saturated rings. The van der Waals surface area contributed by atoms with Gasteiger partial charge in [-0.2, -0.15) is 0 Å². The lowest BCUT2D eigenvalue weighted by Gasteiger charge is -2.33. The quantitative estimate of drug-likeness (QED) is 0.923. The van der Waals surface area contributed by atoms with Gasteiger partial charge in [0.1, 0.15) is 0 Å². The molecular weight excluding hydrogens is 258 g/mol. The highest BCUT2D eigenvalue weighted by molar-refractivity contribution is 7.13. The second-order valence-electron chi connectivity index (χ2n) is 5.67. The number of anilines is 1. The molecule has 0 spiro atoms. The number of thiazole rings is 1. The largest absolute Gasteiger partial charge is 0.353 e. The molecule has 1 aliphatic heterocycles. The van der Waals surface area contributed by atoms with E-state index in [0.717, 1.165) is 36.8 Å². The van der Waals surface area contributed by atoms with Gasteiger partial charge in [-0.25, -0.2) is 4.98 Å². The molecule has 5 heteroatoms. The molecule has 0 atom stereocenters. The van der Waals surface area contributed by atoms with Crippen LogP contribution in [0.4, 0.5) is 5.13 Å². The van der Waals surface area contributed by atoms with Crippen molar-refractivity contribution in [2.45, 2.75) is 45.1 Å². The lowest BCUT2D eigenvalue weighted by molar-refractivity contribution is -0.126. The van der Waals surface area contributed by atoms with E-state index in [2.05, 4.69) is 20.6 Å². The maximum absolute atomic E-state index is 12.1. The molecule has 1 N–H and O–H groups in total. The van der Waals surface area contributed by atoms with E-state index in [1.54, 1.807) is 11.3 Å². The Kier molecular flexibility index (Phi) is 3.73. The molecule has 2 heterocycles. The summed E-state index contributed by atoms with van der Waals surface area (Å²) in [5.74, 6) is 0.484. The Labute approximate surface area is 118 Å². The number of piperidine rings is 1. The minimum absolute atomic E-state index is 0.206. The molecule has 4 nitrogen and oxygen atoms in total. The van der Waals surface area contributed by atoms with Gasteiger partial charge in [-0.15, -0.1) is 11.3 Å². The van der Waals surface area contributed by atoms with Crippen molar-refractivity contribution in [3.63, 3.8) is 0 Å². The van der Waals surface area contributed by atoms with Gasteiger partial charge in [0, 0.05) is 30.4 Å². The first-order chi connectivity index (χ1) is 9.22. The van der Waals surface area contributed by atoms with Crippen LogP contribution in [0.1, 0.15) is 37.8 Å². The topological polar surface area (TPSA) is 45.2 Å². The van der Waals surface area contributed by atoms with Crippen LogP contribution in [-0.2, 0) is 4.79 Å². The summed E-state index contributed by atoms with van der Waals surface area (Å²) in [7, 11) is 0. The molecule has 1 saturated heterocycles. The number of hydrogen-bond donors (Lipinski definition) is 1. The highest BCUT2D eigenvalue weighted by Gasteiger charge is 2.28. The third-order valence-corrected chi connectivity index (χ3v) is 5.21. The zero-order chi connectivity index (χ0) is 13.2. The van der Waals surface area contributed by atoms with E-state index in [4.69, 9.17) is 0 Å². The second-order valence-corrected chi connectivity index (χ2v) is 6.51. The summed E-state index contributed by atoms with van der Waals surface area (Å²) in [5.41, 5.74) is 1.09. The molecule has 1 saturated carbocycles. The second kappa shape index (κ2) is 5.49. The lowest BCUT2D eigenvalue weighted by atomic mass is 9.90. The average molecular weight is 279 g/mol. The maximum Gasteiger partial charge on any atom is 0.223 e. The van der Waals surface area contributed by atoms with E-state index in [1.807, 2.05) is 6.92 Å². The Bertz CT molecular complexity index is 447. The highest BCUT2D eigenvalue weighted by atomic mass is 32.1. The van der Waals surface area contributed by atoms with Crippen LogP contribution in [-0.4, -0.2) is 30.0 Å². The molecule has 0 bridgehead atoms. The van der Waals surface area contributed by atoms with Crippen molar-refractivity contribution in [1.29, 1.82) is 0 Å². The minimum Gasteiger partial charge on any atom is -0.353 e. The van der Waals surface area contributed by atoms with Crippen molar-refractivity contribution in [2.75, 3.05) is 18.0 Å². The van der Waals surface area contributed by atoms with Crippen molar-refractivity contribution < 1.29 is 4.79 Å². The van der Waals surface area contributed by atoms with Crippen LogP contribution < -0.4 is 10.2 Å². The van der Waals surface area contributed by atoms with E-state index < -0.39 is 0 Å². The van der Waals surface area contributed by atoms with Gasteiger partial charge >= 0.3 is 0 Å². The van der Waals surface area contributed by atoms with Gasteiger partial charge < -0.3 is 10.2 Å². The first-order valence-corrected chi connectivity index (χ1v) is 8.08. The van der Waals surface area contributed by atoms with Gasteiger partial charge in [-0.05, 0) is 39.0 Å². The van der Waals surface area contributed by atoms with Crippen molar-refractivity contribution in [2.24, 2.45) is 5.92 Å². The van der Waals surface area contributed by atoms with Gasteiger partial charge in [-0.1, -0.05) is 0 Å². The maximum atomic E-state index is 12.1. The summed E-state index contributed by atoms with van der Waals surface area (Å²) in [6, 6.07) is 0.465. The van der Waals surface area contributed by atoms with Gasteiger partial charge in [0.15, 0.2) is 5.13 Å². The molecular formula is C14H21N3OS. The number of hydrogen-bond acceptors (Lipinski definition) is 4. The third kappa shape index (κ3) is 2.91. The number of aryl methyl sites for hydroxylation is 1. The molecule has 2 aliphatic rings.